The predicted molar refractivity (Wildman–Crippen MR) is 90.5 cm³/mol. The van der Waals surface area contributed by atoms with Crippen molar-refractivity contribution in [3.05, 3.63) is 88.0 Å². The van der Waals surface area contributed by atoms with E-state index in [1.807, 2.05) is 12.1 Å². The molecule has 0 bridgehead atoms. The molecule has 2 aromatic carbocycles. The van der Waals surface area contributed by atoms with Gasteiger partial charge in [-0.3, -0.25) is 14.4 Å². The number of fused-ring (bicyclic) bond motifs is 2. The molecular formula is C19H12N2O3. The molecule has 0 fully saturated rings. The number of pyridine rings is 1. The summed E-state index contributed by atoms with van der Waals surface area (Å²) in [6.07, 6.45) is 4.62. The van der Waals surface area contributed by atoms with Crippen molar-refractivity contribution < 1.29 is 9.59 Å². The van der Waals surface area contributed by atoms with Crippen LogP contribution in [0, 0.1) is 0 Å². The fraction of sp³-hybridized carbons (Fsp3) is 0. The van der Waals surface area contributed by atoms with Crippen molar-refractivity contribution >= 4 is 28.7 Å². The number of aromatic nitrogens is 1. The summed E-state index contributed by atoms with van der Waals surface area (Å²) < 4.78 is 0. The van der Waals surface area contributed by atoms with Crippen LogP contribution in [0.1, 0.15) is 26.3 Å². The Morgan fingerprint density at radius 3 is 2.25 bits per heavy atom. The van der Waals surface area contributed by atoms with E-state index < -0.39 is 0 Å². The Kier molecular flexibility index (Phi) is 3.13. The predicted octanol–water partition coefficient (Wildman–Crippen LogP) is 2.80. The maximum Gasteiger partial charge on any atom is 0.265 e. The maximum absolute atomic E-state index is 12.3. The lowest BCUT2D eigenvalue weighted by Gasteiger charge is -2.07. The van der Waals surface area contributed by atoms with E-state index in [0.717, 1.165) is 10.3 Å². The molecule has 0 saturated carbocycles. The van der Waals surface area contributed by atoms with Crippen LogP contribution in [-0.4, -0.2) is 21.7 Å². The zero-order valence-corrected chi connectivity index (χ0v) is 12.5. The Labute approximate surface area is 136 Å². The molecule has 3 aromatic rings. The van der Waals surface area contributed by atoms with Gasteiger partial charge in [0.15, 0.2) is 0 Å². The fourth-order valence-electron chi connectivity index (χ4n) is 2.91. The summed E-state index contributed by atoms with van der Waals surface area (Å²) in [5.74, 6) is -0.720. The number of carbonyl (C=O) groups excluding carboxylic acids is 2. The van der Waals surface area contributed by atoms with Crippen molar-refractivity contribution in [3.63, 3.8) is 0 Å². The molecule has 0 saturated heterocycles. The molecule has 0 aliphatic carbocycles. The Balaban J connectivity index is 1.77. The van der Waals surface area contributed by atoms with Gasteiger partial charge in [-0.2, -0.15) is 0 Å². The van der Waals surface area contributed by atoms with Crippen molar-refractivity contribution in [1.82, 2.24) is 9.88 Å². The van der Waals surface area contributed by atoms with Crippen LogP contribution in [0.2, 0.25) is 0 Å². The molecule has 5 nitrogen and oxygen atoms in total. The number of imide groups is 1. The van der Waals surface area contributed by atoms with Gasteiger partial charge in [-0.05, 0) is 35.2 Å². The standard InChI is InChI=1S/C19H12N2O3/c22-17-16-12(8-10-20-17)4-3-5-13(16)9-11-21-18(23)14-6-1-2-7-15(14)19(21)24/h1-11H,(H,20,22)/b11-9+. The van der Waals surface area contributed by atoms with Crippen molar-refractivity contribution in [1.29, 1.82) is 0 Å². The number of nitrogens with zero attached hydrogens (tertiary/aromatic N) is 1. The van der Waals surface area contributed by atoms with E-state index >= 15 is 0 Å². The third kappa shape index (κ3) is 2.06. The minimum atomic E-state index is -0.360. The first-order valence-corrected chi connectivity index (χ1v) is 7.42. The maximum atomic E-state index is 12.3. The lowest BCUT2D eigenvalue weighted by atomic mass is 10.1. The average molecular weight is 316 g/mol. The average Bonchev–Trinajstić information content (AvgIpc) is 2.85. The number of hydrogen-bond acceptors (Lipinski definition) is 3. The second kappa shape index (κ2) is 5.31. The highest BCUT2D eigenvalue weighted by molar-refractivity contribution is 6.22. The summed E-state index contributed by atoms with van der Waals surface area (Å²) in [6.45, 7) is 0. The monoisotopic (exact) mass is 316 g/mol. The number of nitrogens with one attached hydrogen (secondary N) is 1. The van der Waals surface area contributed by atoms with Crippen LogP contribution in [0.4, 0.5) is 0 Å². The summed E-state index contributed by atoms with van der Waals surface area (Å²) in [4.78, 5) is 40.5. The highest BCUT2D eigenvalue weighted by atomic mass is 16.2. The third-order valence-electron chi connectivity index (χ3n) is 4.06. The van der Waals surface area contributed by atoms with Gasteiger partial charge < -0.3 is 4.98 Å². The smallest absolute Gasteiger partial charge is 0.265 e. The summed E-state index contributed by atoms with van der Waals surface area (Å²) in [6, 6.07) is 13.9. The lowest BCUT2D eigenvalue weighted by Crippen LogP contribution is -2.23. The molecule has 1 aliphatic heterocycles. The van der Waals surface area contributed by atoms with Crippen molar-refractivity contribution in [2.45, 2.75) is 0 Å². The molecule has 24 heavy (non-hydrogen) atoms. The SMILES string of the molecule is O=C1c2ccccc2C(=O)N1/C=C/c1cccc2cc[nH]c(=O)c12. The minimum absolute atomic E-state index is 0.213. The van der Waals surface area contributed by atoms with Crippen LogP contribution >= 0.6 is 0 Å². The van der Waals surface area contributed by atoms with Gasteiger partial charge in [0.1, 0.15) is 0 Å². The molecule has 5 heteroatoms. The Morgan fingerprint density at radius 1 is 0.833 bits per heavy atom. The first kappa shape index (κ1) is 14.1. The molecule has 2 heterocycles. The van der Waals surface area contributed by atoms with Crippen molar-refractivity contribution in [2.75, 3.05) is 0 Å². The van der Waals surface area contributed by atoms with E-state index in [2.05, 4.69) is 4.98 Å². The number of benzene rings is 2. The number of amides is 2. The summed E-state index contributed by atoms with van der Waals surface area (Å²) in [5, 5.41) is 1.32. The molecule has 0 radical (unpaired) electrons. The normalized spacial score (nSPS) is 13.9. The van der Waals surface area contributed by atoms with Gasteiger partial charge in [0.25, 0.3) is 17.4 Å². The van der Waals surface area contributed by atoms with Crippen LogP contribution in [0.15, 0.2) is 65.7 Å². The van der Waals surface area contributed by atoms with Crippen LogP contribution in [-0.2, 0) is 0 Å². The Hall–Kier alpha value is -3.47. The molecule has 4 rings (SSSR count). The quantitative estimate of drug-likeness (QED) is 0.739. The van der Waals surface area contributed by atoms with Crippen LogP contribution in [0.25, 0.3) is 16.8 Å². The van der Waals surface area contributed by atoms with E-state index in [9.17, 15) is 14.4 Å². The molecule has 1 aliphatic rings. The Morgan fingerprint density at radius 2 is 1.54 bits per heavy atom. The second-order valence-corrected chi connectivity index (χ2v) is 5.46. The lowest BCUT2D eigenvalue weighted by molar-refractivity contribution is 0.0722. The van der Waals surface area contributed by atoms with Gasteiger partial charge in [0.2, 0.25) is 0 Å². The molecule has 1 aromatic heterocycles. The van der Waals surface area contributed by atoms with Gasteiger partial charge in [0.05, 0.1) is 16.5 Å². The summed E-state index contributed by atoms with van der Waals surface area (Å²) >= 11 is 0. The van der Waals surface area contributed by atoms with Crippen LogP contribution in [0.3, 0.4) is 0 Å². The molecule has 0 unspecified atom stereocenters. The molecule has 0 atom stereocenters. The molecule has 0 spiro atoms. The fourth-order valence-corrected chi connectivity index (χ4v) is 2.91. The van der Waals surface area contributed by atoms with E-state index in [1.54, 1.807) is 48.7 Å². The van der Waals surface area contributed by atoms with E-state index in [4.69, 9.17) is 0 Å². The Bertz CT molecular complexity index is 1040. The van der Waals surface area contributed by atoms with Gasteiger partial charge in [-0.15, -0.1) is 0 Å². The van der Waals surface area contributed by atoms with Crippen LogP contribution in [0.5, 0.6) is 0 Å². The van der Waals surface area contributed by atoms with E-state index in [-0.39, 0.29) is 17.4 Å². The molecular weight excluding hydrogens is 304 g/mol. The zero-order chi connectivity index (χ0) is 16.7. The number of hydrogen-bond donors (Lipinski definition) is 1. The number of rotatable bonds is 2. The van der Waals surface area contributed by atoms with E-state index in [1.165, 1.54) is 6.20 Å². The van der Waals surface area contributed by atoms with Crippen molar-refractivity contribution in [2.24, 2.45) is 0 Å². The minimum Gasteiger partial charge on any atom is -0.329 e. The highest BCUT2D eigenvalue weighted by Crippen LogP contribution is 2.24. The second-order valence-electron chi connectivity index (χ2n) is 5.46. The molecule has 1 N–H and O–H groups in total. The van der Waals surface area contributed by atoms with Crippen molar-refractivity contribution in [3.8, 4) is 0 Å². The van der Waals surface area contributed by atoms with E-state index in [0.29, 0.717) is 22.1 Å². The van der Waals surface area contributed by atoms with Gasteiger partial charge in [0, 0.05) is 12.4 Å². The molecule has 116 valence electrons. The largest absolute Gasteiger partial charge is 0.329 e. The zero-order valence-electron chi connectivity index (χ0n) is 12.5. The number of aromatic amines is 1. The summed E-state index contributed by atoms with van der Waals surface area (Å²) in [5.41, 5.74) is 1.21. The highest BCUT2D eigenvalue weighted by Gasteiger charge is 2.33. The number of carbonyl (C=O) groups is 2. The third-order valence-corrected chi connectivity index (χ3v) is 4.06. The first-order valence-electron chi connectivity index (χ1n) is 7.42. The van der Waals surface area contributed by atoms with Gasteiger partial charge in [-0.1, -0.05) is 30.3 Å². The number of H-pyrrole nitrogens is 1. The van der Waals surface area contributed by atoms with Gasteiger partial charge in [-0.25, -0.2) is 4.90 Å². The molecule has 2 amide bonds. The first-order chi connectivity index (χ1) is 11.7. The topological polar surface area (TPSA) is 70.2 Å². The van der Waals surface area contributed by atoms with Gasteiger partial charge >= 0.3 is 0 Å². The summed E-state index contributed by atoms with van der Waals surface area (Å²) in [7, 11) is 0. The van der Waals surface area contributed by atoms with Crippen LogP contribution < -0.4 is 5.56 Å².